The molecule has 0 amide bonds. The van der Waals surface area contributed by atoms with Gasteiger partial charge in [0.25, 0.3) is 0 Å². The van der Waals surface area contributed by atoms with Crippen LogP contribution >= 0.6 is 0 Å². The number of pyridine rings is 3. The maximum atomic E-state index is 14.1. The summed E-state index contributed by atoms with van der Waals surface area (Å²) < 4.78 is 19.9. The van der Waals surface area contributed by atoms with E-state index in [1.165, 1.54) is 6.20 Å². The van der Waals surface area contributed by atoms with Gasteiger partial charge in [-0.1, -0.05) is 6.07 Å². The predicted octanol–water partition coefficient (Wildman–Crippen LogP) is 3.75. The number of hydrogen-bond donors (Lipinski definition) is 0. The summed E-state index contributed by atoms with van der Waals surface area (Å²) in [6, 6.07) is 11.0. The summed E-state index contributed by atoms with van der Waals surface area (Å²) in [5.41, 5.74) is 4.26. The molecular weight excluding hydrogens is 305 g/mol. The fourth-order valence-corrected chi connectivity index (χ4v) is 3.05. The van der Waals surface area contributed by atoms with Crippen molar-refractivity contribution in [3.63, 3.8) is 0 Å². The van der Waals surface area contributed by atoms with E-state index in [9.17, 15) is 4.39 Å². The maximum absolute atomic E-state index is 14.1. The lowest BCUT2D eigenvalue weighted by Crippen LogP contribution is -2.03. The molecule has 0 unspecified atom stereocenters. The van der Waals surface area contributed by atoms with Crippen LogP contribution in [0, 0.1) is 5.95 Å². The minimum atomic E-state index is -0.464. The summed E-state index contributed by atoms with van der Waals surface area (Å²) in [5, 5.41) is 0. The van der Waals surface area contributed by atoms with Crippen molar-refractivity contribution in [2.24, 2.45) is 0 Å². The van der Waals surface area contributed by atoms with Gasteiger partial charge in [-0.2, -0.15) is 4.39 Å². The van der Waals surface area contributed by atoms with Crippen LogP contribution in [0.2, 0.25) is 0 Å². The van der Waals surface area contributed by atoms with Crippen molar-refractivity contribution in [3.8, 4) is 17.0 Å². The van der Waals surface area contributed by atoms with E-state index in [2.05, 4.69) is 15.0 Å². The summed E-state index contributed by atoms with van der Waals surface area (Å²) in [6.07, 6.45) is 6.02. The van der Waals surface area contributed by atoms with E-state index in [1.54, 1.807) is 18.3 Å². The molecule has 0 saturated heterocycles. The molecule has 0 fully saturated rings. The molecule has 5 heteroatoms. The molecule has 120 valence electrons. The fraction of sp³-hybridized carbons (Fsp3) is 0.211. The van der Waals surface area contributed by atoms with E-state index in [0.29, 0.717) is 18.1 Å². The third-order valence-corrected chi connectivity index (χ3v) is 4.17. The van der Waals surface area contributed by atoms with Gasteiger partial charge >= 0.3 is 0 Å². The van der Waals surface area contributed by atoms with Crippen LogP contribution in [0.25, 0.3) is 11.1 Å². The van der Waals surface area contributed by atoms with Crippen LogP contribution in [0.4, 0.5) is 4.39 Å². The first kappa shape index (κ1) is 14.8. The van der Waals surface area contributed by atoms with E-state index in [4.69, 9.17) is 4.74 Å². The van der Waals surface area contributed by atoms with Gasteiger partial charge in [0.05, 0.1) is 5.69 Å². The monoisotopic (exact) mass is 321 g/mol. The molecule has 4 nitrogen and oxygen atoms in total. The van der Waals surface area contributed by atoms with E-state index in [1.807, 2.05) is 24.3 Å². The summed E-state index contributed by atoms with van der Waals surface area (Å²) in [6.45, 7) is 0.335. The first-order chi connectivity index (χ1) is 11.8. The van der Waals surface area contributed by atoms with Crippen molar-refractivity contribution in [2.45, 2.75) is 25.9 Å². The Morgan fingerprint density at radius 1 is 1.00 bits per heavy atom. The van der Waals surface area contributed by atoms with Gasteiger partial charge in [-0.25, -0.2) is 9.97 Å². The first-order valence-electron chi connectivity index (χ1n) is 7.97. The van der Waals surface area contributed by atoms with Gasteiger partial charge in [0.2, 0.25) is 11.8 Å². The normalized spacial score (nSPS) is 12.9. The Morgan fingerprint density at radius 2 is 1.92 bits per heavy atom. The number of rotatable bonds is 4. The Labute approximate surface area is 139 Å². The van der Waals surface area contributed by atoms with E-state index >= 15 is 0 Å². The number of aryl methyl sites for hydroxylation is 1. The minimum absolute atomic E-state index is 0.335. The summed E-state index contributed by atoms with van der Waals surface area (Å²) in [7, 11) is 0. The highest BCUT2D eigenvalue weighted by Crippen LogP contribution is 2.35. The summed E-state index contributed by atoms with van der Waals surface area (Å²) in [4.78, 5) is 12.6. The topological polar surface area (TPSA) is 47.9 Å². The van der Waals surface area contributed by atoms with Gasteiger partial charge in [-0.3, -0.25) is 4.98 Å². The minimum Gasteiger partial charge on any atom is -0.471 e. The lowest BCUT2D eigenvalue weighted by Gasteiger charge is -2.12. The standard InChI is InChI=1S/C19H16FN3O/c20-19-15(7-4-10-22-19)16-11-18(23-17-8-3-6-14(16)17)24-12-13-5-1-2-9-21-13/h1-2,4-5,7,9-11H,3,6,8,12H2. The van der Waals surface area contributed by atoms with Gasteiger partial charge in [-0.15, -0.1) is 0 Å². The van der Waals surface area contributed by atoms with Crippen LogP contribution in [0.3, 0.4) is 0 Å². The quantitative estimate of drug-likeness (QED) is 0.687. The lowest BCUT2D eigenvalue weighted by atomic mass is 10.0. The van der Waals surface area contributed by atoms with Crippen LogP contribution in [0.5, 0.6) is 5.88 Å². The molecule has 0 N–H and O–H groups in total. The third-order valence-electron chi connectivity index (χ3n) is 4.17. The zero-order valence-corrected chi connectivity index (χ0v) is 13.1. The number of nitrogens with zero attached hydrogens (tertiary/aromatic N) is 3. The number of aromatic nitrogens is 3. The van der Waals surface area contributed by atoms with Crippen molar-refractivity contribution < 1.29 is 9.13 Å². The predicted molar refractivity (Wildman–Crippen MR) is 88.0 cm³/mol. The Morgan fingerprint density at radius 3 is 2.75 bits per heavy atom. The number of hydrogen-bond acceptors (Lipinski definition) is 4. The average Bonchev–Trinajstić information content (AvgIpc) is 3.09. The molecule has 0 aromatic carbocycles. The summed E-state index contributed by atoms with van der Waals surface area (Å²) >= 11 is 0. The molecule has 0 atom stereocenters. The van der Waals surface area contributed by atoms with Crippen LogP contribution in [0.1, 0.15) is 23.4 Å². The zero-order valence-electron chi connectivity index (χ0n) is 13.1. The number of halogens is 1. The molecule has 1 aliphatic carbocycles. The molecule has 0 bridgehead atoms. The van der Waals surface area contributed by atoms with Crippen molar-refractivity contribution in [1.29, 1.82) is 0 Å². The average molecular weight is 321 g/mol. The molecule has 0 aliphatic heterocycles. The zero-order chi connectivity index (χ0) is 16.4. The highest BCUT2D eigenvalue weighted by Gasteiger charge is 2.21. The first-order valence-corrected chi connectivity index (χ1v) is 7.97. The van der Waals surface area contributed by atoms with Gasteiger partial charge in [-0.05, 0) is 54.7 Å². The van der Waals surface area contributed by atoms with Gasteiger partial charge in [0.15, 0.2) is 0 Å². The Kier molecular flexibility index (Phi) is 3.91. The molecular formula is C19H16FN3O. The molecule has 0 radical (unpaired) electrons. The van der Waals surface area contributed by atoms with E-state index in [-0.39, 0.29) is 0 Å². The van der Waals surface area contributed by atoms with E-state index in [0.717, 1.165) is 41.8 Å². The van der Waals surface area contributed by atoms with E-state index < -0.39 is 5.95 Å². The highest BCUT2D eigenvalue weighted by atomic mass is 19.1. The highest BCUT2D eigenvalue weighted by molar-refractivity contribution is 5.69. The molecule has 0 saturated carbocycles. The third kappa shape index (κ3) is 2.85. The second-order valence-electron chi connectivity index (χ2n) is 5.74. The Balaban J connectivity index is 1.69. The smallest absolute Gasteiger partial charge is 0.220 e. The van der Waals surface area contributed by atoms with Gasteiger partial charge in [0.1, 0.15) is 6.61 Å². The van der Waals surface area contributed by atoms with Crippen molar-refractivity contribution in [2.75, 3.05) is 0 Å². The van der Waals surface area contributed by atoms with Crippen molar-refractivity contribution in [1.82, 2.24) is 15.0 Å². The SMILES string of the molecule is Fc1ncccc1-c1cc(OCc2ccccn2)nc2c1CCC2. The molecule has 4 rings (SSSR count). The number of fused-ring (bicyclic) bond motifs is 1. The molecule has 24 heavy (non-hydrogen) atoms. The maximum Gasteiger partial charge on any atom is 0.220 e. The Hall–Kier alpha value is -2.82. The fourth-order valence-electron chi connectivity index (χ4n) is 3.05. The molecule has 1 aliphatic rings. The van der Waals surface area contributed by atoms with Crippen LogP contribution in [0.15, 0.2) is 48.8 Å². The van der Waals surface area contributed by atoms with Crippen molar-refractivity contribution >= 4 is 0 Å². The molecule has 3 aromatic rings. The second-order valence-corrected chi connectivity index (χ2v) is 5.74. The lowest BCUT2D eigenvalue weighted by molar-refractivity contribution is 0.288. The Bertz CT molecular complexity index is 868. The molecule has 3 aromatic heterocycles. The largest absolute Gasteiger partial charge is 0.471 e. The number of ether oxygens (including phenoxy) is 1. The summed E-state index contributed by atoms with van der Waals surface area (Å²) in [5.74, 6) is 0.0352. The second kappa shape index (κ2) is 6.35. The van der Waals surface area contributed by atoms with Crippen LogP contribution in [-0.2, 0) is 19.4 Å². The molecule has 3 heterocycles. The van der Waals surface area contributed by atoms with Crippen LogP contribution < -0.4 is 4.74 Å². The molecule has 0 spiro atoms. The van der Waals surface area contributed by atoms with Gasteiger partial charge in [0, 0.05) is 29.7 Å². The van der Waals surface area contributed by atoms with Gasteiger partial charge < -0.3 is 4.74 Å². The van der Waals surface area contributed by atoms with Crippen molar-refractivity contribution in [3.05, 3.63) is 71.7 Å². The van der Waals surface area contributed by atoms with Crippen LogP contribution in [-0.4, -0.2) is 15.0 Å².